The third-order valence-corrected chi connectivity index (χ3v) is 5.84. The van der Waals surface area contributed by atoms with E-state index in [1.54, 1.807) is 0 Å². The largest absolute Gasteiger partial charge is 0.454 e. The molecule has 0 fully saturated rings. The van der Waals surface area contributed by atoms with Gasteiger partial charge in [-0.3, -0.25) is 0 Å². The van der Waals surface area contributed by atoms with E-state index < -0.39 is 0 Å². The number of hydrogen-bond donors (Lipinski definition) is 0. The minimum Gasteiger partial charge on any atom is -0.454 e. The van der Waals surface area contributed by atoms with E-state index in [1.807, 2.05) is 30.3 Å². The van der Waals surface area contributed by atoms with E-state index in [0.29, 0.717) is 5.02 Å². The van der Waals surface area contributed by atoms with Gasteiger partial charge in [0.15, 0.2) is 5.58 Å². The first-order valence-corrected chi connectivity index (χ1v) is 9.85. The zero-order valence-corrected chi connectivity index (χ0v) is 16.6. The average molecular weight is 434 g/mol. The number of rotatable bonds is 2. The molecule has 0 spiro atoms. The molecule has 1 heterocycles. The summed E-state index contributed by atoms with van der Waals surface area (Å²) in [6.07, 6.45) is 0. The standard InChI is InChI=1S/C24H14BrClO/c25-20-12-4-3-9-17(20)15-7-1-2-8-16(15)18-10-6-14-22-23(18)19-11-5-13-21(26)24(19)27-22/h1-14H. The van der Waals surface area contributed by atoms with Crippen molar-refractivity contribution in [3.8, 4) is 22.3 Å². The molecule has 5 aromatic rings. The van der Waals surface area contributed by atoms with Crippen LogP contribution in [-0.2, 0) is 0 Å². The molecule has 1 aromatic heterocycles. The van der Waals surface area contributed by atoms with Gasteiger partial charge in [-0.2, -0.15) is 0 Å². The monoisotopic (exact) mass is 432 g/mol. The van der Waals surface area contributed by atoms with Gasteiger partial charge in [0, 0.05) is 15.2 Å². The molecular weight excluding hydrogens is 420 g/mol. The van der Waals surface area contributed by atoms with Crippen LogP contribution in [0.4, 0.5) is 0 Å². The van der Waals surface area contributed by atoms with Crippen molar-refractivity contribution in [3.05, 3.63) is 94.4 Å². The van der Waals surface area contributed by atoms with Gasteiger partial charge in [0.05, 0.1) is 5.02 Å². The van der Waals surface area contributed by atoms with Crippen LogP contribution in [0.5, 0.6) is 0 Å². The number of fused-ring (bicyclic) bond motifs is 3. The Bertz CT molecular complexity index is 1300. The van der Waals surface area contributed by atoms with E-state index in [-0.39, 0.29) is 0 Å². The fourth-order valence-corrected chi connectivity index (χ4v) is 4.38. The first-order chi connectivity index (χ1) is 13.2. The van der Waals surface area contributed by atoms with Crippen molar-refractivity contribution in [1.82, 2.24) is 0 Å². The Morgan fingerprint density at radius 3 is 2.04 bits per heavy atom. The molecule has 130 valence electrons. The maximum Gasteiger partial charge on any atom is 0.154 e. The lowest BCUT2D eigenvalue weighted by atomic mass is 9.92. The highest BCUT2D eigenvalue weighted by atomic mass is 79.9. The van der Waals surface area contributed by atoms with Crippen molar-refractivity contribution in [1.29, 1.82) is 0 Å². The van der Waals surface area contributed by atoms with Crippen molar-refractivity contribution >= 4 is 49.5 Å². The van der Waals surface area contributed by atoms with E-state index in [4.69, 9.17) is 16.0 Å². The van der Waals surface area contributed by atoms with Gasteiger partial charge in [0.1, 0.15) is 5.58 Å². The molecule has 1 nitrogen and oxygen atoms in total. The third-order valence-electron chi connectivity index (χ3n) is 4.86. The highest BCUT2D eigenvalue weighted by Crippen LogP contribution is 2.42. The Kier molecular flexibility index (Phi) is 4.04. The van der Waals surface area contributed by atoms with Crippen LogP contribution >= 0.6 is 27.5 Å². The van der Waals surface area contributed by atoms with Crippen molar-refractivity contribution in [3.63, 3.8) is 0 Å². The number of para-hydroxylation sites is 1. The van der Waals surface area contributed by atoms with Gasteiger partial charge < -0.3 is 4.42 Å². The van der Waals surface area contributed by atoms with Gasteiger partial charge >= 0.3 is 0 Å². The number of furan rings is 1. The zero-order valence-electron chi connectivity index (χ0n) is 14.2. The van der Waals surface area contributed by atoms with E-state index >= 15 is 0 Å². The van der Waals surface area contributed by atoms with Gasteiger partial charge in [-0.25, -0.2) is 0 Å². The van der Waals surface area contributed by atoms with Crippen LogP contribution in [0.15, 0.2) is 93.8 Å². The molecule has 5 rings (SSSR count). The molecule has 0 saturated carbocycles. The van der Waals surface area contributed by atoms with Crippen LogP contribution in [0.1, 0.15) is 0 Å². The summed E-state index contributed by atoms with van der Waals surface area (Å²) in [7, 11) is 0. The average Bonchev–Trinajstić information content (AvgIpc) is 3.09. The Morgan fingerprint density at radius 2 is 1.26 bits per heavy atom. The van der Waals surface area contributed by atoms with Gasteiger partial charge in [-0.05, 0) is 40.5 Å². The number of halogens is 2. The van der Waals surface area contributed by atoms with Gasteiger partial charge in [0.2, 0.25) is 0 Å². The lowest BCUT2D eigenvalue weighted by molar-refractivity contribution is 0.669. The summed E-state index contributed by atoms with van der Waals surface area (Å²) < 4.78 is 7.15. The molecule has 0 saturated heterocycles. The first-order valence-electron chi connectivity index (χ1n) is 8.68. The summed E-state index contributed by atoms with van der Waals surface area (Å²) >= 11 is 10.1. The molecule has 0 N–H and O–H groups in total. The Hall–Kier alpha value is -2.55. The molecule has 0 bridgehead atoms. The normalized spacial score (nSPS) is 11.3. The molecule has 27 heavy (non-hydrogen) atoms. The molecule has 3 heteroatoms. The molecule has 0 atom stereocenters. The van der Waals surface area contributed by atoms with Crippen molar-refractivity contribution in [2.75, 3.05) is 0 Å². The van der Waals surface area contributed by atoms with E-state index in [2.05, 4.69) is 70.5 Å². The van der Waals surface area contributed by atoms with Gasteiger partial charge in [-0.15, -0.1) is 0 Å². The molecule has 0 aliphatic carbocycles. The lowest BCUT2D eigenvalue weighted by Gasteiger charge is -2.12. The smallest absolute Gasteiger partial charge is 0.154 e. The molecule has 4 aromatic carbocycles. The summed E-state index contributed by atoms with van der Waals surface area (Å²) in [6.45, 7) is 0. The Balaban J connectivity index is 1.87. The SMILES string of the molecule is Clc1cccc2c1oc1cccc(-c3ccccc3-c3ccccc3Br)c12. The minimum atomic E-state index is 0.633. The fraction of sp³-hybridized carbons (Fsp3) is 0. The van der Waals surface area contributed by atoms with Crippen LogP contribution in [0.2, 0.25) is 5.02 Å². The highest BCUT2D eigenvalue weighted by molar-refractivity contribution is 9.10. The molecular formula is C24H14BrClO. The second-order valence-electron chi connectivity index (χ2n) is 6.42. The molecule has 0 unspecified atom stereocenters. The fourth-order valence-electron chi connectivity index (χ4n) is 3.67. The predicted octanol–water partition coefficient (Wildman–Crippen LogP) is 8.34. The Morgan fingerprint density at radius 1 is 0.630 bits per heavy atom. The molecule has 0 amide bonds. The van der Waals surface area contributed by atoms with Crippen molar-refractivity contribution in [2.45, 2.75) is 0 Å². The minimum absolute atomic E-state index is 0.633. The second-order valence-corrected chi connectivity index (χ2v) is 7.68. The van der Waals surface area contributed by atoms with Crippen LogP contribution in [0.3, 0.4) is 0 Å². The third kappa shape index (κ3) is 2.68. The summed E-state index contributed by atoms with van der Waals surface area (Å²) in [6, 6.07) is 28.8. The van der Waals surface area contributed by atoms with Gasteiger partial charge in [-0.1, -0.05) is 94.3 Å². The van der Waals surface area contributed by atoms with E-state index in [0.717, 1.165) is 43.1 Å². The first kappa shape index (κ1) is 16.6. The van der Waals surface area contributed by atoms with Crippen molar-refractivity contribution < 1.29 is 4.42 Å². The highest BCUT2D eigenvalue weighted by Gasteiger charge is 2.17. The van der Waals surface area contributed by atoms with Crippen LogP contribution in [0, 0.1) is 0 Å². The summed E-state index contributed by atoms with van der Waals surface area (Å²) in [5.41, 5.74) is 6.22. The summed E-state index contributed by atoms with van der Waals surface area (Å²) in [5, 5.41) is 2.76. The molecule has 0 aliphatic heterocycles. The maximum atomic E-state index is 6.37. The van der Waals surface area contributed by atoms with E-state index in [9.17, 15) is 0 Å². The summed E-state index contributed by atoms with van der Waals surface area (Å²) in [4.78, 5) is 0. The van der Waals surface area contributed by atoms with Crippen LogP contribution in [0.25, 0.3) is 44.2 Å². The lowest BCUT2D eigenvalue weighted by Crippen LogP contribution is -1.87. The van der Waals surface area contributed by atoms with Crippen LogP contribution < -0.4 is 0 Å². The number of hydrogen-bond acceptors (Lipinski definition) is 1. The van der Waals surface area contributed by atoms with E-state index in [1.165, 1.54) is 5.56 Å². The van der Waals surface area contributed by atoms with Crippen molar-refractivity contribution in [2.24, 2.45) is 0 Å². The summed E-state index contributed by atoms with van der Waals surface area (Å²) in [5.74, 6) is 0. The van der Waals surface area contributed by atoms with Crippen LogP contribution in [-0.4, -0.2) is 0 Å². The number of benzene rings is 4. The quantitative estimate of drug-likeness (QED) is 0.273. The Labute approximate surface area is 170 Å². The second kappa shape index (κ2) is 6.56. The topological polar surface area (TPSA) is 13.1 Å². The zero-order chi connectivity index (χ0) is 18.4. The molecule has 0 aliphatic rings. The molecule has 0 radical (unpaired) electrons. The van der Waals surface area contributed by atoms with Gasteiger partial charge in [0.25, 0.3) is 0 Å². The predicted molar refractivity (Wildman–Crippen MR) is 117 cm³/mol. The maximum absolute atomic E-state index is 6.37.